The number of anilines is 3. The molecule has 7 rings (SSSR count). The number of aromatic nitrogens is 4. The number of benzene rings is 3. The van der Waals surface area contributed by atoms with E-state index in [9.17, 15) is 0 Å². The van der Waals surface area contributed by atoms with Gasteiger partial charge in [0.05, 0.1) is 39.8 Å². The maximum Gasteiger partial charge on any atom is 0.162 e. The van der Waals surface area contributed by atoms with Crippen molar-refractivity contribution >= 4 is 17.1 Å². The van der Waals surface area contributed by atoms with Gasteiger partial charge in [0.1, 0.15) is 0 Å². The fourth-order valence-electron chi connectivity index (χ4n) is 4.68. The first-order valence-electron chi connectivity index (χ1n) is 12.3. The Kier molecular flexibility index (Phi) is 5.33. The van der Waals surface area contributed by atoms with E-state index in [-0.39, 0.29) is 0 Å². The fraction of sp³-hybridized carbons (Fsp3) is 0. The Labute approximate surface area is 219 Å². The average Bonchev–Trinajstić information content (AvgIpc) is 3.00. The quantitative estimate of drug-likeness (QED) is 0.250. The van der Waals surface area contributed by atoms with E-state index in [2.05, 4.69) is 39.1 Å². The smallest absolute Gasteiger partial charge is 0.162 e. The van der Waals surface area contributed by atoms with Gasteiger partial charge in [-0.2, -0.15) is 0 Å². The highest BCUT2D eigenvalue weighted by Crippen LogP contribution is 2.51. The second kappa shape index (κ2) is 9.26. The molecule has 6 nitrogen and oxygen atoms in total. The van der Waals surface area contributed by atoms with Crippen molar-refractivity contribution in [2.45, 2.75) is 0 Å². The largest absolute Gasteiger partial charge is 0.453 e. The molecule has 3 aromatic carbocycles. The zero-order chi connectivity index (χ0) is 25.3. The highest BCUT2D eigenvalue weighted by molar-refractivity contribution is 5.92. The van der Waals surface area contributed by atoms with Crippen LogP contribution in [0.15, 0.2) is 128 Å². The van der Waals surface area contributed by atoms with E-state index in [1.54, 1.807) is 12.4 Å². The molecule has 3 aromatic heterocycles. The predicted octanol–water partition coefficient (Wildman–Crippen LogP) is 7.84. The Balaban J connectivity index is 1.46. The highest BCUT2D eigenvalue weighted by atomic mass is 16.5. The van der Waals surface area contributed by atoms with Crippen LogP contribution in [0.5, 0.6) is 11.5 Å². The molecule has 0 saturated carbocycles. The van der Waals surface area contributed by atoms with E-state index in [0.29, 0.717) is 5.82 Å². The van der Waals surface area contributed by atoms with Gasteiger partial charge in [-0.1, -0.05) is 48.5 Å². The molecule has 6 aromatic rings. The molecule has 0 atom stereocenters. The van der Waals surface area contributed by atoms with Crippen LogP contribution in [0.3, 0.4) is 0 Å². The number of rotatable bonds is 4. The van der Waals surface area contributed by atoms with Gasteiger partial charge in [0.25, 0.3) is 0 Å². The van der Waals surface area contributed by atoms with E-state index in [1.165, 1.54) is 0 Å². The van der Waals surface area contributed by atoms with E-state index < -0.39 is 0 Å². The summed E-state index contributed by atoms with van der Waals surface area (Å²) in [6.07, 6.45) is 3.54. The molecule has 0 fully saturated rings. The normalized spacial score (nSPS) is 11.8. The Morgan fingerprint density at radius 3 is 1.53 bits per heavy atom. The fourth-order valence-corrected chi connectivity index (χ4v) is 4.68. The predicted molar refractivity (Wildman–Crippen MR) is 149 cm³/mol. The summed E-state index contributed by atoms with van der Waals surface area (Å²) >= 11 is 0. The van der Waals surface area contributed by atoms with Crippen LogP contribution in [0.2, 0.25) is 0 Å². The van der Waals surface area contributed by atoms with Crippen molar-refractivity contribution in [3.05, 3.63) is 128 Å². The molecule has 38 heavy (non-hydrogen) atoms. The van der Waals surface area contributed by atoms with Crippen LogP contribution in [0.4, 0.5) is 17.1 Å². The lowest BCUT2D eigenvalue weighted by molar-refractivity contribution is 0.477. The van der Waals surface area contributed by atoms with Gasteiger partial charge in [-0.05, 0) is 66.7 Å². The molecule has 0 unspecified atom stereocenters. The molecule has 180 valence electrons. The van der Waals surface area contributed by atoms with Crippen LogP contribution in [-0.4, -0.2) is 19.9 Å². The van der Waals surface area contributed by atoms with Gasteiger partial charge in [0.2, 0.25) is 0 Å². The summed E-state index contributed by atoms with van der Waals surface area (Å²) in [6.45, 7) is 0. The lowest BCUT2D eigenvalue weighted by atomic mass is 10.1. The van der Waals surface area contributed by atoms with Gasteiger partial charge >= 0.3 is 0 Å². The lowest BCUT2D eigenvalue weighted by Gasteiger charge is -2.33. The van der Waals surface area contributed by atoms with E-state index in [1.807, 2.05) is 91.0 Å². The molecule has 1 aliphatic rings. The summed E-state index contributed by atoms with van der Waals surface area (Å²) in [5.41, 5.74) is 6.73. The van der Waals surface area contributed by atoms with Crippen LogP contribution in [0.25, 0.3) is 34.2 Å². The van der Waals surface area contributed by atoms with Gasteiger partial charge in [-0.25, -0.2) is 9.97 Å². The number of nitrogens with zero attached hydrogens (tertiary/aromatic N) is 5. The average molecular weight is 492 g/mol. The molecule has 1 aliphatic heterocycles. The molecule has 0 saturated heterocycles. The second-order valence-corrected chi connectivity index (χ2v) is 8.78. The van der Waals surface area contributed by atoms with Crippen molar-refractivity contribution in [1.29, 1.82) is 0 Å². The summed E-state index contributed by atoms with van der Waals surface area (Å²) < 4.78 is 6.24. The van der Waals surface area contributed by atoms with Gasteiger partial charge < -0.3 is 9.64 Å². The Morgan fingerprint density at radius 2 is 0.974 bits per heavy atom. The summed E-state index contributed by atoms with van der Waals surface area (Å²) in [4.78, 5) is 21.3. The molecule has 6 heteroatoms. The Bertz CT molecular complexity index is 1650. The summed E-state index contributed by atoms with van der Waals surface area (Å²) in [7, 11) is 0. The molecule has 0 N–H and O–H groups in total. The number of hydrogen-bond acceptors (Lipinski definition) is 6. The second-order valence-electron chi connectivity index (χ2n) is 8.78. The minimum absolute atomic E-state index is 0.589. The minimum Gasteiger partial charge on any atom is -0.453 e. The number of para-hydroxylation sites is 5. The first-order chi connectivity index (χ1) is 18.8. The monoisotopic (exact) mass is 491 g/mol. The van der Waals surface area contributed by atoms with Crippen molar-refractivity contribution in [2.75, 3.05) is 4.90 Å². The SMILES string of the molecule is c1ccc(-c2cc(-c3ccccn3)nc(-c3ccccc3N3c4ccccc4Oc4ccccc43)n2)nc1. The first-order valence-corrected chi connectivity index (χ1v) is 12.3. The van der Waals surface area contributed by atoms with Crippen molar-refractivity contribution in [2.24, 2.45) is 0 Å². The third-order valence-electron chi connectivity index (χ3n) is 6.40. The highest BCUT2D eigenvalue weighted by Gasteiger charge is 2.27. The van der Waals surface area contributed by atoms with Gasteiger partial charge in [0, 0.05) is 18.0 Å². The standard InChI is InChI=1S/C32H21N5O/c1-2-14-27(37-28-15-3-5-17-30(28)38-31-18-6-4-16-29(31)37)22(11-1)32-35-25(23-12-7-9-19-33-23)21-26(36-32)24-13-8-10-20-34-24/h1-21H. The van der Waals surface area contributed by atoms with Crippen LogP contribution < -0.4 is 9.64 Å². The van der Waals surface area contributed by atoms with E-state index >= 15 is 0 Å². The molecule has 0 spiro atoms. The number of ether oxygens (including phenoxy) is 1. The molecular formula is C32H21N5O. The zero-order valence-electron chi connectivity index (χ0n) is 20.3. The lowest BCUT2D eigenvalue weighted by Crippen LogP contribution is -2.16. The zero-order valence-corrected chi connectivity index (χ0v) is 20.3. The Morgan fingerprint density at radius 1 is 0.474 bits per heavy atom. The van der Waals surface area contributed by atoms with E-state index in [4.69, 9.17) is 14.7 Å². The van der Waals surface area contributed by atoms with Gasteiger partial charge in [-0.3, -0.25) is 9.97 Å². The first kappa shape index (κ1) is 21.9. The van der Waals surface area contributed by atoms with Crippen molar-refractivity contribution in [3.63, 3.8) is 0 Å². The van der Waals surface area contributed by atoms with Crippen LogP contribution in [-0.2, 0) is 0 Å². The minimum atomic E-state index is 0.589. The molecule has 0 aliphatic carbocycles. The van der Waals surface area contributed by atoms with Gasteiger partial charge in [0.15, 0.2) is 17.3 Å². The summed E-state index contributed by atoms with van der Waals surface area (Å²) in [5.74, 6) is 2.17. The van der Waals surface area contributed by atoms with E-state index in [0.717, 1.165) is 56.9 Å². The molecule has 4 heterocycles. The molecule has 0 radical (unpaired) electrons. The molecular weight excluding hydrogens is 470 g/mol. The molecule has 0 bridgehead atoms. The van der Waals surface area contributed by atoms with Crippen molar-refractivity contribution < 1.29 is 4.74 Å². The van der Waals surface area contributed by atoms with Crippen molar-refractivity contribution in [1.82, 2.24) is 19.9 Å². The number of pyridine rings is 2. The Hall–Kier alpha value is -5.36. The third kappa shape index (κ3) is 3.85. The summed E-state index contributed by atoms with van der Waals surface area (Å²) in [6, 6.07) is 37.8. The summed E-state index contributed by atoms with van der Waals surface area (Å²) in [5, 5.41) is 0. The number of fused-ring (bicyclic) bond motifs is 2. The maximum absolute atomic E-state index is 6.24. The number of hydrogen-bond donors (Lipinski definition) is 0. The van der Waals surface area contributed by atoms with Crippen LogP contribution >= 0.6 is 0 Å². The maximum atomic E-state index is 6.24. The third-order valence-corrected chi connectivity index (χ3v) is 6.40. The van der Waals surface area contributed by atoms with Crippen LogP contribution in [0.1, 0.15) is 0 Å². The van der Waals surface area contributed by atoms with Crippen LogP contribution in [0, 0.1) is 0 Å². The van der Waals surface area contributed by atoms with Gasteiger partial charge in [-0.15, -0.1) is 0 Å². The molecule has 0 amide bonds. The van der Waals surface area contributed by atoms with Crippen molar-refractivity contribution in [3.8, 4) is 45.7 Å². The topological polar surface area (TPSA) is 64.0 Å².